The zero-order chi connectivity index (χ0) is 19.0. The van der Waals surface area contributed by atoms with Crippen molar-refractivity contribution in [1.82, 2.24) is 0 Å². The minimum atomic E-state index is -2.19. The zero-order valence-corrected chi connectivity index (χ0v) is 18.2. The summed E-state index contributed by atoms with van der Waals surface area (Å²) in [5.41, 5.74) is 0. The first-order valence-corrected chi connectivity index (χ1v) is 13.4. The van der Waals surface area contributed by atoms with Crippen LogP contribution in [0.3, 0.4) is 0 Å². The fourth-order valence-corrected chi connectivity index (χ4v) is 8.81. The summed E-state index contributed by atoms with van der Waals surface area (Å²) >= 11 is 0.569. The summed E-state index contributed by atoms with van der Waals surface area (Å²) in [4.78, 5) is 0. The molecule has 0 aromatic heterocycles. The molecule has 0 amide bonds. The second kappa shape index (κ2) is 10.3. The molecule has 1 aliphatic carbocycles. The Morgan fingerprint density at radius 2 is 1.00 bits per heavy atom. The molecule has 1 aliphatic rings. The van der Waals surface area contributed by atoms with Crippen LogP contribution in [0.5, 0.6) is 0 Å². The Morgan fingerprint density at radius 3 is 1.30 bits per heavy atom. The van der Waals surface area contributed by atoms with Gasteiger partial charge < -0.3 is 0 Å². The van der Waals surface area contributed by atoms with Gasteiger partial charge in [-0.15, -0.1) is 0 Å². The minimum absolute atomic E-state index is 0.569. The first-order valence-electron chi connectivity index (χ1n) is 8.69. The standard InChI is InChI=1S/C23H21P.2ClH.Ni/c1-4-12-20(13-5-1)24(23-18-10-11-19-23,21-14-6-2-7-15-21)22-16-8-3-9-17-22;;;/h1-18,24H,19H2;2*1H;/q;;;+2/p-2. The topological polar surface area (TPSA) is 0 Å². The molecule has 0 nitrogen and oxygen atoms in total. The van der Waals surface area contributed by atoms with E-state index in [0.29, 0.717) is 12.7 Å². The molecule has 0 aliphatic heterocycles. The van der Waals surface area contributed by atoms with Crippen molar-refractivity contribution in [3.8, 4) is 0 Å². The van der Waals surface area contributed by atoms with E-state index in [1.54, 1.807) is 5.31 Å². The molecular formula is C23H21Cl2NiP. The third-order valence-corrected chi connectivity index (χ3v) is 9.81. The van der Waals surface area contributed by atoms with Crippen molar-refractivity contribution < 1.29 is 12.7 Å². The first kappa shape index (κ1) is 20.4. The van der Waals surface area contributed by atoms with Gasteiger partial charge in [0.15, 0.2) is 0 Å². The molecule has 0 unspecified atom stereocenters. The van der Waals surface area contributed by atoms with Crippen LogP contribution in [0.2, 0.25) is 0 Å². The van der Waals surface area contributed by atoms with Crippen molar-refractivity contribution in [2.24, 2.45) is 0 Å². The van der Waals surface area contributed by atoms with E-state index in [1.807, 2.05) is 0 Å². The molecular weight excluding hydrogens is 437 g/mol. The average molecular weight is 458 g/mol. The number of allylic oxidation sites excluding steroid dienone is 4. The van der Waals surface area contributed by atoms with E-state index in [2.05, 4.69) is 109 Å². The van der Waals surface area contributed by atoms with Gasteiger partial charge in [0, 0.05) is 0 Å². The van der Waals surface area contributed by atoms with Crippen molar-refractivity contribution in [1.29, 1.82) is 0 Å². The predicted molar refractivity (Wildman–Crippen MR) is 120 cm³/mol. The molecule has 0 atom stereocenters. The van der Waals surface area contributed by atoms with Gasteiger partial charge in [-0.25, -0.2) is 0 Å². The maximum atomic E-state index is 4.70. The Labute approximate surface area is 176 Å². The van der Waals surface area contributed by atoms with Crippen molar-refractivity contribution in [2.45, 2.75) is 6.42 Å². The van der Waals surface area contributed by atoms with Crippen LogP contribution < -0.4 is 15.9 Å². The van der Waals surface area contributed by atoms with Crippen LogP contribution in [0, 0.1) is 0 Å². The van der Waals surface area contributed by atoms with Crippen molar-refractivity contribution in [3.05, 3.63) is 115 Å². The van der Waals surface area contributed by atoms with Gasteiger partial charge in [-0.2, -0.15) is 0 Å². The molecule has 0 N–H and O–H groups in total. The Kier molecular flexibility index (Phi) is 7.74. The molecule has 0 spiro atoms. The molecule has 27 heavy (non-hydrogen) atoms. The summed E-state index contributed by atoms with van der Waals surface area (Å²) in [5, 5.41) is 5.93. The third-order valence-electron chi connectivity index (χ3n) is 4.87. The second-order valence-electron chi connectivity index (χ2n) is 6.22. The summed E-state index contributed by atoms with van der Waals surface area (Å²) in [7, 11) is 7.21. The number of rotatable bonds is 4. The van der Waals surface area contributed by atoms with Crippen LogP contribution in [-0.4, -0.2) is 0 Å². The number of benzene rings is 3. The zero-order valence-electron chi connectivity index (χ0n) is 14.7. The van der Waals surface area contributed by atoms with Gasteiger partial charge in [-0.1, -0.05) is 0 Å². The van der Waals surface area contributed by atoms with Crippen LogP contribution in [0.25, 0.3) is 0 Å². The summed E-state index contributed by atoms with van der Waals surface area (Å²) in [5.74, 6) is 0. The second-order valence-corrected chi connectivity index (χ2v) is 11.7. The number of hydrogen-bond donors (Lipinski definition) is 0. The first-order chi connectivity index (χ1) is 13.3. The molecule has 4 rings (SSSR count). The summed E-state index contributed by atoms with van der Waals surface area (Å²) in [6.45, 7) is 0. The number of hydrogen-bond acceptors (Lipinski definition) is 0. The number of halogens is 2. The normalized spacial score (nSPS) is 13.6. The van der Waals surface area contributed by atoms with Gasteiger partial charge in [0.2, 0.25) is 0 Å². The van der Waals surface area contributed by atoms with Crippen LogP contribution in [0.4, 0.5) is 0 Å². The van der Waals surface area contributed by atoms with E-state index in [1.165, 1.54) is 15.9 Å². The quantitative estimate of drug-likeness (QED) is 0.336. The Balaban J connectivity index is 0.000000659. The molecule has 0 saturated heterocycles. The summed E-state index contributed by atoms with van der Waals surface area (Å²) in [6.07, 6.45) is 7.89. The van der Waals surface area contributed by atoms with Crippen LogP contribution >= 0.6 is 27.7 Å². The van der Waals surface area contributed by atoms with E-state index < -0.39 is 7.26 Å². The SMILES string of the molecule is C1=CCC([PH](c2ccccc2)(c2ccccc2)c2ccccc2)=C1.[Cl][Ni][Cl]. The molecule has 0 heterocycles. The van der Waals surface area contributed by atoms with Gasteiger partial charge in [0.05, 0.1) is 0 Å². The maximum absolute atomic E-state index is 4.70. The molecule has 0 radical (unpaired) electrons. The predicted octanol–water partition coefficient (Wildman–Crippen LogP) is 5.93. The summed E-state index contributed by atoms with van der Waals surface area (Å²) in [6, 6.07) is 33.2. The van der Waals surface area contributed by atoms with Gasteiger partial charge >= 0.3 is 177 Å². The molecule has 3 aromatic rings. The fraction of sp³-hybridized carbons (Fsp3) is 0.0435. The third kappa shape index (κ3) is 4.39. The molecule has 0 fully saturated rings. The monoisotopic (exact) mass is 456 g/mol. The van der Waals surface area contributed by atoms with Crippen molar-refractivity contribution in [3.63, 3.8) is 0 Å². The van der Waals surface area contributed by atoms with E-state index >= 15 is 0 Å². The molecule has 142 valence electrons. The van der Waals surface area contributed by atoms with Gasteiger partial charge in [-0.3, -0.25) is 0 Å². The van der Waals surface area contributed by atoms with Crippen molar-refractivity contribution >= 4 is 43.6 Å². The van der Waals surface area contributed by atoms with E-state index in [9.17, 15) is 0 Å². The van der Waals surface area contributed by atoms with Crippen molar-refractivity contribution in [2.75, 3.05) is 0 Å². The Morgan fingerprint density at radius 1 is 0.630 bits per heavy atom. The van der Waals surface area contributed by atoms with Crippen LogP contribution in [0.15, 0.2) is 115 Å². The Bertz CT molecular complexity index is 797. The molecule has 0 bridgehead atoms. The van der Waals surface area contributed by atoms with Crippen LogP contribution in [0.1, 0.15) is 6.42 Å². The van der Waals surface area contributed by atoms with E-state index in [0.717, 1.165) is 6.42 Å². The van der Waals surface area contributed by atoms with Gasteiger partial charge in [0.1, 0.15) is 0 Å². The van der Waals surface area contributed by atoms with Crippen LogP contribution in [-0.2, 0) is 12.7 Å². The molecule has 0 saturated carbocycles. The molecule has 4 heteroatoms. The van der Waals surface area contributed by atoms with E-state index in [-0.39, 0.29) is 0 Å². The average Bonchev–Trinajstić information content (AvgIpc) is 3.27. The van der Waals surface area contributed by atoms with Gasteiger partial charge in [-0.05, 0) is 0 Å². The van der Waals surface area contributed by atoms with Gasteiger partial charge in [0.25, 0.3) is 0 Å². The Hall–Kier alpha value is -1.36. The van der Waals surface area contributed by atoms with E-state index in [4.69, 9.17) is 20.4 Å². The molecule has 3 aromatic carbocycles. The summed E-state index contributed by atoms with van der Waals surface area (Å²) < 4.78 is 0. The fourth-order valence-electron chi connectivity index (χ4n) is 3.85.